The predicted octanol–water partition coefficient (Wildman–Crippen LogP) is 3.15. The quantitative estimate of drug-likeness (QED) is 0.888. The van der Waals surface area contributed by atoms with E-state index in [4.69, 9.17) is 0 Å². The van der Waals surface area contributed by atoms with Crippen LogP contribution in [-0.4, -0.2) is 23.3 Å². The Balaban J connectivity index is 1.31. The lowest BCUT2D eigenvalue weighted by Gasteiger charge is -2.17. The third-order valence-electron chi connectivity index (χ3n) is 5.71. The van der Waals surface area contributed by atoms with Gasteiger partial charge in [0.25, 0.3) is 0 Å². The second-order valence-corrected chi connectivity index (χ2v) is 7.84. The number of nitrogens with zero attached hydrogens (tertiary/aromatic N) is 1. The Kier molecular flexibility index (Phi) is 4.97. The second-order valence-electron chi connectivity index (χ2n) is 7.84. The van der Waals surface area contributed by atoms with Gasteiger partial charge in [0.2, 0.25) is 11.8 Å². The molecule has 2 aromatic rings. The van der Waals surface area contributed by atoms with Gasteiger partial charge in [-0.2, -0.15) is 0 Å². The number of rotatable bonds is 5. The summed E-state index contributed by atoms with van der Waals surface area (Å²) in [5, 5.41) is 3.03. The van der Waals surface area contributed by atoms with Crippen molar-refractivity contribution in [1.29, 1.82) is 0 Å². The van der Waals surface area contributed by atoms with E-state index in [1.807, 2.05) is 19.1 Å². The van der Waals surface area contributed by atoms with Crippen LogP contribution in [0.1, 0.15) is 40.7 Å². The molecule has 2 aromatic carbocycles. The first-order valence-electron chi connectivity index (χ1n) is 9.80. The molecule has 0 bridgehead atoms. The van der Waals surface area contributed by atoms with Crippen molar-refractivity contribution < 1.29 is 9.59 Å². The third kappa shape index (κ3) is 4.05. The van der Waals surface area contributed by atoms with Crippen molar-refractivity contribution in [3.63, 3.8) is 0 Å². The summed E-state index contributed by atoms with van der Waals surface area (Å²) in [4.78, 5) is 26.7. The minimum absolute atomic E-state index is 0.0183. The molecule has 2 aliphatic rings. The number of hydrogen-bond acceptors (Lipinski definition) is 2. The Morgan fingerprint density at radius 3 is 2.63 bits per heavy atom. The van der Waals surface area contributed by atoms with Crippen molar-refractivity contribution in [3.05, 3.63) is 70.3 Å². The van der Waals surface area contributed by atoms with E-state index < -0.39 is 0 Å². The number of hydrogen-bond donors (Lipinski definition) is 1. The van der Waals surface area contributed by atoms with Gasteiger partial charge < -0.3 is 10.2 Å². The molecule has 1 atom stereocenters. The first-order valence-corrected chi connectivity index (χ1v) is 9.80. The van der Waals surface area contributed by atoms with Gasteiger partial charge in [0, 0.05) is 26.1 Å². The summed E-state index contributed by atoms with van der Waals surface area (Å²) in [6, 6.07) is 14.7. The molecular formula is C23H26N2O2. The maximum absolute atomic E-state index is 12.6. The topological polar surface area (TPSA) is 49.4 Å². The Morgan fingerprint density at radius 1 is 1.07 bits per heavy atom. The minimum atomic E-state index is -0.252. The Morgan fingerprint density at radius 2 is 1.81 bits per heavy atom. The average Bonchev–Trinajstić information content (AvgIpc) is 3.28. The van der Waals surface area contributed by atoms with Crippen molar-refractivity contribution in [2.24, 2.45) is 5.92 Å². The van der Waals surface area contributed by atoms with Crippen LogP contribution < -0.4 is 5.32 Å². The molecule has 1 N–H and O–H groups in total. The highest BCUT2D eigenvalue weighted by Crippen LogP contribution is 2.23. The SMILES string of the molecule is Cc1ccc(CN2CC(C(=O)NCc3ccc4c(c3)CCC4)CC2=O)cc1. The van der Waals surface area contributed by atoms with Gasteiger partial charge in [-0.05, 0) is 48.4 Å². The maximum Gasteiger partial charge on any atom is 0.225 e. The number of nitrogens with one attached hydrogen (secondary N) is 1. The Bertz CT molecular complexity index is 857. The van der Waals surface area contributed by atoms with Gasteiger partial charge in [0.1, 0.15) is 0 Å². The molecule has 140 valence electrons. The monoisotopic (exact) mass is 362 g/mol. The molecular weight excluding hydrogens is 336 g/mol. The lowest BCUT2D eigenvalue weighted by atomic mass is 10.1. The first-order chi connectivity index (χ1) is 13.1. The molecule has 1 unspecified atom stereocenters. The molecule has 1 aliphatic carbocycles. The van der Waals surface area contributed by atoms with Crippen LogP contribution in [0, 0.1) is 12.8 Å². The molecule has 1 saturated heterocycles. The molecule has 1 fully saturated rings. The van der Waals surface area contributed by atoms with Crippen LogP contribution in [0.4, 0.5) is 0 Å². The molecule has 4 heteroatoms. The van der Waals surface area contributed by atoms with Crippen molar-refractivity contribution in [3.8, 4) is 0 Å². The molecule has 0 spiro atoms. The molecule has 0 saturated carbocycles. The predicted molar refractivity (Wildman–Crippen MR) is 105 cm³/mol. The largest absolute Gasteiger partial charge is 0.352 e. The summed E-state index contributed by atoms with van der Waals surface area (Å²) < 4.78 is 0. The molecule has 4 rings (SSSR count). The van der Waals surface area contributed by atoms with E-state index in [1.165, 1.54) is 29.5 Å². The minimum Gasteiger partial charge on any atom is -0.352 e. The fraction of sp³-hybridized carbons (Fsp3) is 0.391. The van der Waals surface area contributed by atoms with E-state index in [0.717, 1.165) is 17.5 Å². The fourth-order valence-electron chi connectivity index (χ4n) is 4.08. The number of fused-ring (bicyclic) bond motifs is 1. The fourth-order valence-corrected chi connectivity index (χ4v) is 4.08. The zero-order chi connectivity index (χ0) is 18.8. The number of carbonyl (C=O) groups excluding carboxylic acids is 2. The van der Waals surface area contributed by atoms with Crippen molar-refractivity contribution in [1.82, 2.24) is 10.2 Å². The van der Waals surface area contributed by atoms with Crippen LogP contribution in [0.3, 0.4) is 0 Å². The molecule has 0 aromatic heterocycles. The smallest absolute Gasteiger partial charge is 0.225 e. The molecule has 1 aliphatic heterocycles. The van der Waals surface area contributed by atoms with Crippen molar-refractivity contribution in [2.45, 2.75) is 45.7 Å². The summed E-state index contributed by atoms with van der Waals surface area (Å²) in [5.74, 6) is -0.208. The highest BCUT2D eigenvalue weighted by Gasteiger charge is 2.34. The number of amides is 2. The standard InChI is InChI=1S/C23H26N2O2/c1-16-5-7-17(8-6-16)14-25-15-21(12-22(25)26)23(27)24-13-18-9-10-19-3-2-4-20(19)11-18/h5-11,21H,2-4,12-15H2,1H3,(H,24,27). The van der Waals surface area contributed by atoms with Crippen LogP contribution in [0.25, 0.3) is 0 Å². The van der Waals surface area contributed by atoms with Gasteiger partial charge in [-0.15, -0.1) is 0 Å². The van der Waals surface area contributed by atoms with Crippen molar-refractivity contribution in [2.75, 3.05) is 6.54 Å². The van der Waals surface area contributed by atoms with Gasteiger partial charge in [-0.25, -0.2) is 0 Å². The lowest BCUT2D eigenvalue weighted by Crippen LogP contribution is -2.32. The van der Waals surface area contributed by atoms with Crippen LogP contribution in [0.15, 0.2) is 42.5 Å². The zero-order valence-electron chi connectivity index (χ0n) is 15.8. The maximum atomic E-state index is 12.6. The van der Waals surface area contributed by atoms with Crippen molar-refractivity contribution >= 4 is 11.8 Å². The second kappa shape index (κ2) is 7.55. The molecule has 2 amide bonds. The normalized spacial score (nSPS) is 18.6. The summed E-state index contributed by atoms with van der Waals surface area (Å²) in [7, 11) is 0. The van der Waals surface area contributed by atoms with Crippen LogP contribution in [0.2, 0.25) is 0 Å². The molecule has 1 heterocycles. The third-order valence-corrected chi connectivity index (χ3v) is 5.71. The number of carbonyl (C=O) groups is 2. The average molecular weight is 362 g/mol. The van der Waals surface area contributed by atoms with E-state index in [1.54, 1.807) is 4.90 Å². The van der Waals surface area contributed by atoms with E-state index in [-0.39, 0.29) is 17.7 Å². The number of likely N-dealkylation sites (tertiary alicyclic amines) is 1. The van der Waals surface area contributed by atoms with Gasteiger partial charge in [-0.1, -0.05) is 48.0 Å². The summed E-state index contributed by atoms with van der Waals surface area (Å²) in [6.07, 6.45) is 3.85. The number of aryl methyl sites for hydroxylation is 3. The highest BCUT2D eigenvalue weighted by molar-refractivity contribution is 5.89. The van der Waals surface area contributed by atoms with Gasteiger partial charge in [-0.3, -0.25) is 9.59 Å². The van der Waals surface area contributed by atoms with E-state index in [9.17, 15) is 9.59 Å². The summed E-state index contributed by atoms with van der Waals surface area (Å²) >= 11 is 0. The summed E-state index contributed by atoms with van der Waals surface area (Å²) in [6.45, 7) is 3.66. The lowest BCUT2D eigenvalue weighted by molar-refractivity contribution is -0.129. The van der Waals surface area contributed by atoms with Gasteiger partial charge in [0.05, 0.1) is 5.92 Å². The van der Waals surface area contributed by atoms with E-state index in [2.05, 4.69) is 35.6 Å². The molecule has 0 radical (unpaired) electrons. The van der Waals surface area contributed by atoms with Crippen LogP contribution >= 0.6 is 0 Å². The van der Waals surface area contributed by atoms with Gasteiger partial charge >= 0.3 is 0 Å². The number of benzene rings is 2. The van der Waals surface area contributed by atoms with E-state index in [0.29, 0.717) is 26.1 Å². The van der Waals surface area contributed by atoms with Crippen LogP contribution in [0.5, 0.6) is 0 Å². The highest BCUT2D eigenvalue weighted by atomic mass is 16.2. The van der Waals surface area contributed by atoms with Gasteiger partial charge in [0.15, 0.2) is 0 Å². The summed E-state index contributed by atoms with van der Waals surface area (Å²) in [5.41, 5.74) is 6.31. The van der Waals surface area contributed by atoms with Crippen LogP contribution in [-0.2, 0) is 35.5 Å². The zero-order valence-corrected chi connectivity index (χ0v) is 15.8. The van der Waals surface area contributed by atoms with E-state index >= 15 is 0 Å². The molecule has 4 nitrogen and oxygen atoms in total. The molecule has 27 heavy (non-hydrogen) atoms. The Labute approximate surface area is 160 Å². The Hall–Kier alpha value is -2.62. The first kappa shape index (κ1) is 17.8.